The molecule has 0 aromatic heterocycles. The Morgan fingerprint density at radius 3 is 2.45 bits per heavy atom. The van der Waals surface area contributed by atoms with E-state index < -0.39 is 0 Å². The second kappa shape index (κ2) is 8.08. The molecule has 0 amide bonds. The first-order valence-corrected chi connectivity index (χ1v) is 7.99. The summed E-state index contributed by atoms with van der Waals surface area (Å²) in [5, 5.41) is 6.74. The summed E-state index contributed by atoms with van der Waals surface area (Å²) in [4.78, 5) is 4.27. The first-order chi connectivity index (χ1) is 10.7. The van der Waals surface area contributed by atoms with Crippen LogP contribution in [0.25, 0.3) is 0 Å². The molecule has 6 heteroatoms. The summed E-state index contributed by atoms with van der Waals surface area (Å²) in [5.41, 5.74) is 1.07. The second-order valence-electron chi connectivity index (χ2n) is 5.01. The summed E-state index contributed by atoms with van der Waals surface area (Å²) < 4.78 is 11.6. The van der Waals surface area contributed by atoms with E-state index in [9.17, 15) is 0 Å². The van der Waals surface area contributed by atoms with Gasteiger partial charge in [0, 0.05) is 24.1 Å². The quantitative estimate of drug-likeness (QED) is 0.477. The fourth-order valence-corrected chi connectivity index (χ4v) is 2.80. The normalized spacial score (nSPS) is 15.0. The molecule has 2 rings (SSSR count). The number of ether oxygens (including phenoxy) is 2. The summed E-state index contributed by atoms with van der Waals surface area (Å²) in [6.07, 6.45) is 6.47. The van der Waals surface area contributed by atoms with Crippen LogP contribution in [-0.2, 0) is 6.54 Å². The van der Waals surface area contributed by atoms with E-state index in [1.165, 1.54) is 0 Å². The topological polar surface area (TPSA) is 54.9 Å². The highest BCUT2D eigenvalue weighted by atomic mass is 79.9. The fourth-order valence-electron chi connectivity index (χ4n) is 2.33. The Kier molecular flexibility index (Phi) is 6.12. The van der Waals surface area contributed by atoms with Crippen molar-refractivity contribution in [2.24, 2.45) is 4.99 Å². The summed E-state index contributed by atoms with van der Waals surface area (Å²) in [7, 11) is 5.04. The molecule has 2 N–H and O–H groups in total. The van der Waals surface area contributed by atoms with Crippen LogP contribution in [-0.4, -0.2) is 33.3 Å². The molecule has 0 unspecified atom stereocenters. The van der Waals surface area contributed by atoms with E-state index in [1.807, 2.05) is 12.1 Å². The standard InChI is InChI=1S/C16H22BrN3O2/c1-18-16(20-12-6-4-5-7-12)19-10-11-8-14(21-2)15(22-3)9-13(11)17/h4-5,8-9,12H,6-7,10H2,1-3H3,(H2,18,19,20). The first kappa shape index (κ1) is 16.7. The summed E-state index contributed by atoms with van der Waals surface area (Å²) in [5.74, 6) is 2.22. The van der Waals surface area contributed by atoms with Crippen LogP contribution in [0.15, 0.2) is 33.7 Å². The van der Waals surface area contributed by atoms with Gasteiger partial charge >= 0.3 is 0 Å². The van der Waals surface area contributed by atoms with Gasteiger partial charge < -0.3 is 20.1 Å². The Bertz CT molecular complexity index is 565. The predicted octanol–water partition coefficient (Wildman–Crippen LogP) is 2.85. The Balaban J connectivity index is 2.00. The zero-order valence-electron chi connectivity index (χ0n) is 13.1. The molecule has 1 aromatic carbocycles. The number of hydrogen-bond donors (Lipinski definition) is 2. The van der Waals surface area contributed by atoms with Crippen LogP contribution in [0.4, 0.5) is 0 Å². The van der Waals surface area contributed by atoms with Crippen molar-refractivity contribution in [2.45, 2.75) is 25.4 Å². The summed E-state index contributed by atoms with van der Waals surface area (Å²) in [6, 6.07) is 4.30. The van der Waals surface area contributed by atoms with Crippen molar-refractivity contribution < 1.29 is 9.47 Å². The molecule has 0 saturated carbocycles. The lowest BCUT2D eigenvalue weighted by Gasteiger charge is -2.18. The van der Waals surface area contributed by atoms with E-state index in [0.717, 1.165) is 28.8 Å². The van der Waals surface area contributed by atoms with Crippen molar-refractivity contribution in [1.29, 1.82) is 0 Å². The molecule has 1 aromatic rings. The fraction of sp³-hybridized carbons (Fsp3) is 0.438. The molecule has 0 fully saturated rings. The lowest BCUT2D eigenvalue weighted by Crippen LogP contribution is -2.42. The molecule has 0 spiro atoms. The van der Waals surface area contributed by atoms with Crippen LogP contribution < -0.4 is 20.1 Å². The third-order valence-electron chi connectivity index (χ3n) is 3.57. The SMILES string of the molecule is CN=C(NCc1cc(OC)c(OC)cc1Br)NC1CC=CC1. The van der Waals surface area contributed by atoms with Crippen molar-refractivity contribution in [2.75, 3.05) is 21.3 Å². The summed E-state index contributed by atoms with van der Waals surface area (Å²) in [6.45, 7) is 0.640. The zero-order chi connectivity index (χ0) is 15.9. The van der Waals surface area contributed by atoms with Crippen LogP contribution in [0, 0.1) is 0 Å². The number of aliphatic imine (C=N–C) groups is 1. The van der Waals surface area contributed by atoms with E-state index >= 15 is 0 Å². The van der Waals surface area contributed by atoms with Gasteiger partial charge in [0.05, 0.1) is 14.2 Å². The molecular formula is C16H22BrN3O2. The Labute approximate surface area is 139 Å². The van der Waals surface area contributed by atoms with Gasteiger partial charge in [0.1, 0.15) is 0 Å². The number of methoxy groups -OCH3 is 2. The van der Waals surface area contributed by atoms with Crippen molar-refractivity contribution in [3.8, 4) is 11.5 Å². The van der Waals surface area contributed by atoms with Crippen LogP contribution in [0.5, 0.6) is 11.5 Å². The van der Waals surface area contributed by atoms with Crippen molar-refractivity contribution in [1.82, 2.24) is 10.6 Å². The largest absolute Gasteiger partial charge is 0.493 e. The number of nitrogens with zero attached hydrogens (tertiary/aromatic N) is 1. The molecule has 0 atom stereocenters. The zero-order valence-corrected chi connectivity index (χ0v) is 14.7. The highest BCUT2D eigenvalue weighted by Crippen LogP contribution is 2.33. The maximum atomic E-state index is 5.34. The minimum atomic E-state index is 0.431. The van der Waals surface area contributed by atoms with E-state index in [1.54, 1.807) is 21.3 Å². The van der Waals surface area contributed by atoms with Crippen LogP contribution in [0.3, 0.4) is 0 Å². The first-order valence-electron chi connectivity index (χ1n) is 7.20. The molecule has 0 bridgehead atoms. The second-order valence-corrected chi connectivity index (χ2v) is 5.86. The van der Waals surface area contributed by atoms with Crippen molar-refractivity contribution in [3.63, 3.8) is 0 Å². The number of halogens is 1. The molecule has 0 aliphatic heterocycles. The highest BCUT2D eigenvalue weighted by molar-refractivity contribution is 9.10. The average molecular weight is 368 g/mol. The van der Waals surface area contributed by atoms with Gasteiger partial charge in [0.25, 0.3) is 0 Å². The predicted molar refractivity (Wildman–Crippen MR) is 92.7 cm³/mol. The summed E-state index contributed by atoms with van der Waals surface area (Å²) >= 11 is 3.57. The maximum Gasteiger partial charge on any atom is 0.191 e. The molecule has 0 radical (unpaired) electrons. The number of rotatable bonds is 5. The number of guanidine groups is 1. The number of hydrogen-bond acceptors (Lipinski definition) is 3. The van der Waals surface area contributed by atoms with Crippen LogP contribution in [0.1, 0.15) is 18.4 Å². The molecule has 5 nitrogen and oxygen atoms in total. The van der Waals surface area contributed by atoms with E-state index in [2.05, 4.69) is 43.7 Å². The van der Waals surface area contributed by atoms with Crippen LogP contribution in [0.2, 0.25) is 0 Å². The van der Waals surface area contributed by atoms with E-state index in [4.69, 9.17) is 9.47 Å². The minimum Gasteiger partial charge on any atom is -0.493 e. The van der Waals surface area contributed by atoms with Gasteiger partial charge in [-0.1, -0.05) is 28.1 Å². The average Bonchev–Trinajstić information content (AvgIpc) is 3.04. The van der Waals surface area contributed by atoms with Gasteiger partial charge in [0.15, 0.2) is 17.5 Å². The van der Waals surface area contributed by atoms with E-state index in [-0.39, 0.29) is 0 Å². The molecule has 1 aliphatic rings. The number of nitrogens with one attached hydrogen (secondary N) is 2. The molecule has 120 valence electrons. The monoisotopic (exact) mass is 367 g/mol. The maximum absolute atomic E-state index is 5.34. The van der Waals surface area contributed by atoms with Gasteiger partial charge in [-0.3, -0.25) is 4.99 Å². The third-order valence-corrected chi connectivity index (χ3v) is 4.31. The highest BCUT2D eigenvalue weighted by Gasteiger charge is 2.13. The van der Waals surface area contributed by atoms with Crippen LogP contribution >= 0.6 is 15.9 Å². The lowest BCUT2D eigenvalue weighted by molar-refractivity contribution is 0.354. The smallest absolute Gasteiger partial charge is 0.191 e. The van der Waals surface area contributed by atoms with E-state index in [0.29, 0.717) is 24.1 Å². The van der Waals surface area contributed by atoms with Gasteiger partial charge in [-0.15, -0.1) is 0 Å². The van der Waals surface area contributed by atoms with Crippen molar-refractivity contribution >= 4 is 21.9 Å². The molecular weight excluding hydrogens is 346 g/mol. The number of benzene rings is 1. The van der Waals surface area contributed by atoms with Crippen molar-refractivity contribution in [3.05, 3.63) is 34.3 Å². The Hall–Kier alpha value is -1.69. The lowest BCUT2D eigenvalue weighted by atomic mass is 10.2. The van der Waals surface area contributed by atoms with Gasteiger partial charge in [-0.25, -0.2) is 0 Å². The molecule has 0 heterocycles. The minimum absolute atomic E-state index is 0.431. The Morgan fingerprint density at radius 2 is 1.86 bits per heavy atom. The molecule has 1 aliphatic carbocycles. The van der Waals surface area contributed by atoms with Gasteiger partial charge in [-0.05, 0) is 30.5 Å². The van der Waals surface area contributed by atoms with Gasteiger partial charge in [0.2, 0.25) is 0 Å². The Morgan fingerprint density at radius 1 is 1.23 bits per heavy atom. The molecule has 0 saturated heterocycles. The third kappa shape index (κ3) is 4.16. The van der Waals surface area contributed by atoms with Gasteiger partial charge in [-0.2, -0.15) is 0 Å². The molecule has 22 heavy (non-hydrogen) atoms.